The van der Waals surface area contributed by atoms with E-state index in [1.165, 1.54) is 12.7 Å². The molecule has 1 aromatic heterocycles. The van der Waals surface area contributed by atoms with Gasteiger partial charge < -0.3 is 30.1 Å². The predicted molar refractivity (Wildman–Crippen MR) is 76.7 cm³/mol. The zero-order valence-electron chi connectivity index (χ0n) is 11.9. The Morgan fingerprint density at radius 1 is 1.48 bits per heavy atom. The summed E-state index contributed by atoms with van der Waals surface area (Å²) in [7, 11) is -4.63. The van der Waals surface area contributed by atoms with E-state index in [-0.39, 0.29) is 13.0 Å². The Hall–Kier alpha value is -1.33. The maximum atomic E-state index is 10.7. The van der Waals surface area contributed by atoms with E-state index in [0.717, 1.165) is 0 Å². The number of nitrogens with zero attached hydrogens (tertiary/aromatic N) is 3. The Bertz CT molecular complexity index is 644. The summed E-state index contributed by atoms with van der Waals surface area (Å²) in [5.74, 6) is 0.493. The molecule has 12 heteroatoms. The van der Waals surface area contributed by atoms with E-state index in [1.807, 2.05) is 0 Å². The van der Waals surface area contributed by atoms with Crippen LogP contribution in [-0.4, -0.2) is 61.2 Å². The summed E-state index contributed by atoms with van der Waals surface area (Å²) < 4.78 is 22.3. The Morgan fingerprint density at radius 2 is 2.26 bits per heavy atom. The van der Waals surface area contributed by atoms with Gasteiger partial charge in [-0.2, -0.15) is 0 Å². The number of aromatic nitrogens is 2. The fourth-order valence-corrected chi connectivity index (χ4v) is 2.88. The molecule has 23 heavy (non-hydrogen) atoms. The molecule has 1 aromatic rings. The predicted octanol–water partition coefficient (Wildman–Crippen LogP) is -0.872. The molecule has 3 heterocycles. The van der Waals surface area contributed by atoms with E-state index >= 15 is 0 Å². The molecule has 2 aliphatic rings. The van der Waals surface area contributed by atoms with Crippen molar-refractivity contribution in [3.8, 4) is 0 Å². The van der Waals surface area contributed by atoms with Crippen LogP contribution >= 0.6 is 7.82 Å². The van der Waals surface area contributed by atoms with E-state index in [9.17, 15) is 14.8 Å². The first-order chi connectivity index (χ1) is 10.8. The highest BCUT2D eigenvalue weighted by Gasteiger charge is 2.38. The maximum absolute atomic E-state index is 10.7. The average Bonchev–Trinajstić information content (AvgIpc) is 2.99. The molecule has 11 nitrogen and oxygen atoms in total. The SMILES string of the molecule is O=P(O)(O)OC[C@H]1O[C@@H](n2cnc3c2NC=NC[C@H]3O)C[C@@H]1O. The first-order valence-electron chi connectivity index (χ1n) is 6.88. The van der Waals surface area contributed by atoms with Crippen molar-refractivity contribution in [1.29, 1.82) is 0 Å². The Balaban J connectivity index is 1.74. The van der Waals surface area contributed by atoms with Gasteiger partial charge in [0.2, 0.25) is 0 Å². The van der Waals surface area contributed by atoms with Crippen LogP contribution in [0.25, 0.3) is 0 Å². The lowest BCUT2D eigenvalue weighted by Crippen LogP contribution is -2.25. The molecule has 1 saturated heterocycles. The number of fused-ring (bicyclic) bond motifs is 1. The normalized spacial score (nSPS) is 30.8. The summed E-state index contributed by atoms with van der Waals surface area (Å²) in [6.07, 6.45) is -0.205. The van der Waals surface area contributed by atoms with Gasteiger partial charge in [-0.05, 0) is 0 Å². The molecule has 128 valence electrons. The maximum Gasteiger partial charge on any atom is 0.469 e. The molecule has 0 aromatic carbocycles. The second kappa shape index (κ2) is 6.29. The number of aliphatic hydroxyl groups is 2. The highest BCUT2D eigenvalue weighted by atomic mass is 31.2. The molecule has 3 rings (SSSR count). The molecular weight excluding hydrogens is 331 g/mol. The zero-order valence-corrected chi connectivity index (χ0v) is 12.8. The zero-order chi connectivity index (χ0) is 16.6. The molecule has 2 aliphatic heterocycles. The molecule has 0 bridgehead atoms. The lowest BCUT2D eigenvalue weighted by molar-refractivity contribution is -0.0429. The van der Waals surface area contributed by atoms with E-state index in [1.54, 1.807) is 4.57 Å². The topological polar surface area (TPSA) is 159 Å². The summed E-state index contributed by atoms with van der Waals surface area (Å²) >= 11 is 0. The van der Waals surface area contributed by atoms with Crippen LogP contribution in [0.15, 0.2) is 11.3 Å². The number of aliphatic imine (C=N–C) groups is 1. The van der Waals surface area contributed by atoms with Crippen LogP contribution in [-0.2, 0) is 13.8 Å². The van der Waals surface area contributed by atoms with Crippen LogP contribution in [0, 0.1) is 0 Å². The average molecular weight is 348 g/mol. The summed E-state index contributed by atoms with van der Waals surface area (Å²) in [6.45, 7) is -0.250. The highest BCUT2D eigenvalue weighted by Crippen LogP contribution is 2.39. The number of ether oxygens (including phenoxy) is 1. The number of nitrogens with one attached hydrogen (secondary N) is 1. The van der Waals surface area contributed by atoms with Crippen molar-refractivity contribution in [1.82, 2.24) is 9.55 Å². The first-order valence-corrected chi connectivity index (χ1v) is 8.41. The number of imidazole rings is 1. The molecule has 0 amide bonds. The number of anilines is 1. The van der Waals surface area contributed by atoms with Gasteiger partial charge in [0, 0.05) is 6.42 Å². The van der Waals surface area contributed by atoms with Crippen LogP contribution in [0.1, 0.15) is 24.4 Å². The smallest absolute Gasteiger partial charge is 0.390 e. The Morgan fingerprint density at radius 3 is 3.00 bits per heavy atom. The van der Waals surface area contributed by atoms with Gasteiger partial charge in [0.05, 0.1) is 31.9 Å². The summed E-state index contributed by atoms with van der Waals surface area (Å²) in [5.41, 5.74) is 0.413. The number of hydrogen-bond acceptors (Lipinski definition) is 8. The second-order valence-electron chi connectivity index (χ2n) is 5.26. The van der Waals surface area contributed by atoms with Gasteiger partial charge in [0.25, 0.3) is 0 Å². The van der Waals surface area contributed by atoms with E-state index in [2.05, 4.69) is 19.8 Å². The van der Waals surface area contributed by atoms with Crippen molar-refractivity contribution >= 4 is 20.0 Å². The van der Waals surface area contributed by atoms with Crippen molar-refractivity contribution in [2.75, 3.05) is 18.5 Å². The number of aliphatic hydroxyl groups excluding tert-OH is 2. The molecule has 1 fully saturated rings. The van der Waals surface area contributed by atoms with Crippen LogP contribution in [0.4, 0.5) is 5.82 Å². The fraction of sp³-hybridized carbons (Fsp3) is 0.636. The van der Waals surface area contributed by atoms with Crippen LogP contribution in [0.3, 0.4) is 0 Å². The quantitative estimate of drug-likeness (QED) is 0.436. The molecule has 0 radical (unpaired) electrons. The largest absolute Gasteiger partial charge is 0.469 e. The van der Waals surface area contributed by atoms with Crippen LogP contribution < -0.4 is 5.32 Å². The number of phosphoric ester groups is 1. The second-order valence-corrected chi connectivity index (χ2v) is 6.50. The first kappa shape index (κ1) is 16.5. The van der Waals surface area contributed by atoms with Gasteiger partial charge in [0.15, 0.2) is 0 Å². The van der Waals surface area contributed by atoms with Gasteiger partial charge in [-0.25, -0.2) is 9.55 Å². The molecule has 5 N–H and O–H groups in total. The van der Waals surface area contributed by atoms with Gasteiger partial charge in [-0.1, -0.05) is 0 Å². The lowest BCUT2D eigenvalue weighted by Gasteiger charge is -2.17. The monoisotopic (exact) mass is 348 g/mol. The van der Waals surface area contributed by atoms with Crippen molar-refractivity contribution < 1.29 is 33.8 Å². The van der Waals surface area contributed by atoms with Gasteiger partial charge in [-0.15, -0.1) is 0 Å². The standard InChI is InChI=1S/C11H17N4O7P/c16-6-1-9(22-8(6)3-21-23(18,19)20)15-5-14-10-7(17)2-12-4-13-11(10)15/h4-9,16-17H,1-3H2,(H,12,13)(H2,18,19,20)/t6-,7+,8+,9+/m0/s1. The Labute approximate surface area is 130 Å². The van der Waals surface area contributed by atoms with Gasteiger partial charge in [0.1, 0.15) is 29.9 Å². The lowest BCUT2D eigenvalue weighted by atomic mass is 10.2. The minimum Gasteiger partial charge on any atom is -0.390 e. The minimum absolute atomic E-state index is 0.184. The molecule has 0 spiro atoms. The molecular formula is C11H17N4O7P. The third-order valence-electron chi connectivity index (χ3n) is 3.63. The van der Waals surface area contributed by atoms with Gasteiger partial charge >= 0.3 is 7.82 Å². The van der Waals surface area contributed by atoms with Crippen LogP contribution in [0.5, 0.6) is 0 Å². The van der Waals surface area contributed by atoms with Gasteiger partial charge in [-0.3, -0.25) is 14.1 Å². The summed E-state index contributed by atoms with van der Waals surface area (Å²) in [4.78, 5) is 25.5. The van der Waals surface area contributed by atoms with Crippen molar-refractivity contribution in [2.45, 2.75) is 31.0 Å². The highest BCUT2D eigenvalue weighted by molar-refractivity contribution is 7.46. The van der Waals surface area contributed by atoms with Crippen molar-refractivity contribution in [3.05, 3.63) is 12.0 Å². The number of hydrogen-bond donors (Lipinski definition) is 5. The molecule has 0 saturated carbocycles. The molecule has 4 atom stereocenters. The third-order valence-corrected chi connectivity index (χ3v) is 4.12. The van der Waals surface area contributed by atoms with Crippen LogP contribution in [0.2, 0.25) is 0 Å². The summed E-state index contributed by atoms with van der Waals surface area (Å²) in [5, 5.41) is 22.8. The van der Waals surface area contributed by atoms with Crippen molar-refractivity contribution in [2.24, 2.45) is 4.99 Å². The number of rotatable bonds is 4. The van der Waals surface area contributed by atoms with E-state index in [0.29, 0.717) is 11.5 Å². The fourth-order valence-electron chi connectivity index (χ4n) is 2.54. The number of phosphoric acid groups is 1. The Kier molecular flexibility index (Phi) is 4.52. The molecule has 0 unspecified atom stereocenters. The summed E-state index contributed by atoms with van der Waals surface area (Å²) in [6, 6.07) is 0. The van der Waals surface area contributed by atoms with Crippen molar-refractivity contribution in [3.63, 3.8) is 0 Å². The van der Waals surface area contributed by atoms with E-state index in [4.69, 9.17) is 14.5 Å². The minimum atomic E-state index is -4.63. The van der Waals surface area contributed by atoms with E-state index < -0.39 is 39.0 Å². The third kappa shape index (κ3) is 3.61. The molecule has 0 aliphatic carbocycles.